The fourth-order valence-corrected chi connectivity index (χ4v) is 3.80. The number of anilines is 2. The SMILES string of the molecule is Cl.Nc1cccc2c1CCCN2C(=O)CCSc1ccc(Cl)cc1. The van der Waals surface area contributed by atoms with Gasteiger partial charge in [-0.1, -0.05) is 17.7 Å². The number of carbonyl (C=O) groups excluding carboxylic acids is 1. The number of fused-ring (bicyclic) bond motifs is 1. The van der Waals surface area contributed by atoms with Crippen molar-refractivity contribution < 1.29 is 4.79 Å². The average molecular weight is 383 g/mol. The Morgan fingerprint density at radius 2 is 1.96 bits per heavy atom. The van der Waals surface area contributed by atoms with Crippen LogP contribution in [0.25, 0.3) is 0 Å². The zero-order valence-electron chi connectivity index (χ0n) is 13.2. The maximum Gasteiger partial charge on any atom is 0.227 e. The van der Waals surface area contributed by atoms with Gasteiger partial charge in [0.1, 0.15) is 0 Å². The van der Waals surface area contributed by atoms with Crippen molar-refractivity contribution in [1.82, 2.24) is 0 Å². The molecule has 0 saturated heterocycles. The molecule has 0 atom stereocenters. The molecule has 1 heterocycles. The van der Waals surface area contributed by atoms with E-state index in [4.69, 9.17) is 17.3 Å². The normalized spacial score (nSPS) is 13.1. The average Bonchev–Trinajstić information content (AvgIpc) is 2.56. The Morgan fingerprint density at radius 3 is 2.71 bits per heavy atom. The molecule has 0 saturated carbocycles. The molecule has 0 aromatic heterocycles. The van der Waals surface area contributed by atoms with Gasteiger partial charge in [0.15, 0.2) is 0 Å². The molecular weight excluding hydrogens is 363 g/mol. The Kier molecular flexibility index (Phi) is 6.84. The summed E-state index contributed by atoms with van der Waals surface area (Å²) in [5, 5.41) is 0.730. The lowest BCUT2D eigenvalue weighted by atomic mass is 9.99. The number of nitrogens with zero attached hydrogens (tertiary/aromatic N) is 1. The molecule has 0 aliphatic carbocycles. The fraction of sp³-hybridized carbons (Fsp3) is 0.278. The van der Waals surface area contributed by atoms with Gasteiger partial charge in [-0.25, -0.2) is 0 Å². The largest absolute Gasteiger partial charge is 0.398 e. The first-order chi connectivity index (χ1) is 11.1. The number of thioether (sulfide) groups is 1. The number of amides is 1. The Morgan fingerprint density at radius 1 is 1.21 bits per heavy atom. The minimum Gasteiger partial charge on any atom is -0.398 e. The quantitative estimate of drug-likeness (QED) is 0.609. The highest BCUT2D eigenvalue weighted by Gasteiger charge is 2.23. The standard InChI is InChI=1S/C18H19ClN2OS.ClH/c19-13-6-8-14(9-7-13)23-12-10-18(22)21-11-2-3-15-16(20)4-1-5-17(15)21;/h1,4-9H,2-3,10-12,20H2;1H. The molecule has 0 unspecified atom stereocenters. The summed E-state index contributed by atoms with van der Waals surface area (Å²) in [6.07, 6.45) is 2.43. The first-order valence-electron chi connectivity index (χ1n) is 7.71. The van der Waals surface area contributed by atoms with Crippen LogP contribution in [0.15, 0.2) is 47.4 Å². The van der Waals surface area contributed by atoms with E-state index in [0.29, 0.717) is 6.42 Å². The molecule has 1 amide bonds. The van der Waals surface area contributed by atoms with E-state index in [1.807, 2.05) is 47.4 Å². The van der Waals surface area contributed by atoms with Crippen LogP contribution in [0.4, 0.5) is 11.4 Å². The number of rotatable bonds is 4. The number of halogens is 2. The molecule has 3 rings (SSSR count). The molecule has 1 aliphatic heterocycles. The van der Waals surface area contributed by atoms with Crippen LogP contribution in [0.3, 0.4) is 0 Å². The first kappa shape index (κ1) is 19.0. The molecule has 1 aliphatic rings. The highest BCUT2D eigenvalue weighted by atomic mass is 35.5. The molecule has 2 N–H and O–H groups in total. The van der Waals surface area contributed by atoms with E-state index in [9.17, 15) is 4.79 Å². The zero-order chi connectivity index (χ0) is 16.2. The Balaban J connectivity index is 0.00000208. The van der Waals surface area contributed by atoms with Crippen molar-refractivity contribution in [2.45, 2.75) is 24.2 Å². The van der Waals surface area contributed by atoms with Crippen LogP contribution in [-0.2, 0) is 11.2 Å². The van der Waals surface area contributed by atoms with Gasteiger partial charge in [-0.3, -0.25) is 4.79 Å². The van der Waals surface area contributed by atoms with Crippen LogP contribution >= 0.6 is 35.8 Å². The minimum absolute atomic E-state index is 0. The van der Waals surface area contributed by atoms with Gasteiger partial charge >= 0.3 is 0 Å². The highest BCUT2D eigenvalue weighted by molar-refractivity contribution is 7.99. The molecule has 0 radical (unpaired) electrons. The fourth-order valence-electron chi connectivity index (χ4n) is 2.83. The number of hydrogen-bond acceptors (Lipinski definition) is 3. The van der Waals surface area contributed by atoms with Gasteiger partial charge in [0.25, 0.3) is 0 Å². The van der Waals surface area contributed by atoms with Gasteiger partial charge in [-0.2, -0.15) is 0 Å². The first-order valence-corrected chi connectivity index (χ1v) is 9.07. The molecule has 6 heteroatoms. The number of nitrogen functional groups attached to an aromatic ring is 1. The number of carbonyl (C=O) groups is 1. The smallest absolute Gasteiger partial charge is 0.227 e. The van der Waals surface area contributed by atoms with Gasteiger partial charge in [-0.15, -0.1) is 24.2 Å². The number of nitrogens with two attached hydrogens (primary N) is 1. The predicted octanol–water partition coefficient (Wildman–Crippen LogP) is 4.81. The van der Waals surface area contributed by atoms with Crippen LogP contribution in [0, 0.1) is 0 Å². The van der Waals surface area contributed by atoms with Gasteiger partial charge in [-0.05, 0) is 54.8 Å². The second-order valence-corrected chi connectivity index (χ2v) is 7.15. The van der Waals surface area contributed by atoms with Gasteiger partial charge < -0.3 is 10.6 Å². The van der Waals surface area contributed by atoms with E-state index in [2.05, 4.69) is 0 Å². The summed E-state index contributed by atoms with van der Waals surface area (Å²) >= 11 is 7.55. The molecule has 2 aromatic rings. The molecule has 128 valence electrons. The maximum absolute atomic E-state index is 12.6. The molecule has 0 fully saturated rings. The van der Waals surface area contributed by atoms with E-state index in [-0.39, 0.29) is 18.3 Å². The summed E-state index contributed by atoms with van der Waals surface area (Å²) in [5.74, 6) is 0.923. The lowest BCUT2D eigenvalue weighted by molar-refractivity contribution is -0.118. The van der Waals surface area contributed by atoms with Crippen molar-refractivity contribution in [3.05, 3.63) is 53.1 Å². The molecular formula is C18H20Cl2N2OS. The van der Waals surface area contributed by atoms with Gasteiger partial charge in [0, 0.05) is 40.0 Å². The van der Waals surface area contributed by atoms with Crippen LogP contribution < -0.4 is 10.6 Å². The molecule has 2 aromatic carbocycles. The maximum atomic E-state index is 12.6. The second-order valence-electron chi connectivity index (χ2n) is 5.55. The number of hydrogen-bond donors (Lipinski definition) is 1. The van der Waals surface area contributed by atoms with Crippen molar-refractivity contribution in [3.63, 3.8) is 0 Å². The van der Waals surface area contributed by atoms with Crippen LogP contribution in [0.5, 0.6) is 0 Å². The Labute approximate surface area is 158 Å². The summed E-state index contributed by atoms with van der Waals surface area (Å²) in [7, 11) is 0. The molecule has 24 heavy (non-hydrogen) atoms. The van der Waals surface area contributed by atoms with Crippen LogP contribution in [0.2, 0.25) is 5.02 Å². The lowest BCUT2D eigenvalue weighted by Crippen LogP contribution is -2.35. The van der Waals surface area contributed by atoms with E-state index >= 15 is 0 Å². The molecule has 0 spiro atoms. The van der Waals surface area contributed by atoms with Crippen molar-refractivity contribution in [3.8, 4) is 0 Å². The monoisotopic (exact) mass is 382 g/mol. The topological polar surface area (TPSA) is 46.3 Å². The minimum atomic E-state index is 0. The van der Waals surface area contributed by atoms with E-state index < -0.39 is 0 Å². The van der Waals surface area contributed by atoms with E-state index in [0.717, 1.165) is 52.0 Å². The Bertz CT molecular complexity index is 707. The van der Waals surface area contributed by atoms with Crippen LogP contribution in [0.1, 0.15) is 18.4 Å². The van der Waals surface area contributed by atoms with E-state index in [1.165, 1.54) is 0 Å². The van der Waals surface area contributed by atoms with Crippen molar-refractivity contribution in [1.29, 1.82) is 0 Å². The summed E-state index contributed by atoms with van der Waals surface area (Å²) in [6, 6.07) is 13.5. The van der Waals surface area contributed by atoms with Crippen molar-refractivity contribution in [2.24, 2.45) is 0 Å². The molecule has 3 nitrogen and oxygen atoms in total. The summed E-state index contributed by atoms with van der Waals surface area (Å²) < 4.78 is 0. The highest BCUT2D eigenvalue weighted by Crippen LogP contribution is 2.32. The van der Waals surface area contributed by atoms with E-state index in [1.54, 1.807) is 11.8 Å². The predicted molar refractivity (Wildman–Crippen MR) is 106 cm³/mol. The third-order valence-electron chi connectivity index (χ3n) is 3.99. The van der Waals surface area contributed by atoms with Crippen molar-refractivity contribution in [2.75, 3.05) is 22.9 Å². The third-order valence-corrected chi connectivity index (χ3v) is 5.25. The molecule has 0 bridgehead atoms. The van der Waals surface area contributed by atoms with Crippen LogP contribution in [-0.4, -0.2) is 18.2 Å². The second kappa shape index (κ2) is 8.65. The van der Waals surface area contributed by atoms with Gasteiger partial charge in [0.2, 0.25) is 5.91 Å². The Hall–Kier alpha value is -1.36. The lowest BCUT2D eigenvalue weighted by Gasteiger charge is -2.30. The summed E-state index contributed by atoms with van der Waals surface area (Å²) in [4.78, 5) is 15.6. The summed E-state index contributed by atoms with van der Waals surface area (Å²) in [6.45, 7) is 0.779. The summed E-state index contributed by atoms with van der Waals surface area (Å²) in [5.41, 5.74) is 8.92. The van der Waals surface area contributed by atoms with Gasteiger partial charge in [0.05, 0.1) is 0 Å². The number of benzene rings is 2. The van der Waals surface area contributed by atoms with Crippen molar-refractivity contribution >= 4 is 53.1 Å². The third kappa shape index (κ3) is 4.38. The zero-order valence-corrected chi connectivity index (χ0v) is 15.6.